The summed E-state index contributed by atoms with van der Waals surface area (Å²) >= 11 is 0. The number of amides is 3. The highest BCUT2D eigenvalue weighted by Crippen LogP contribution is 2.22. The van der Waals surface area contributed by atoms with E-state index < -0.39 is 31.0 Å². The van der Waals surface area contributed by atoms with Gasteiger partial charge in [-0.15, -0.1) is 0 Å². The Labute approximate surface area is 200 Å². The molecule has 0 spiro atoms. The summed E-state index contributed by atoms with van der Waals surface area (Å²) in [6.07, 6.45) is 4.04. The van der Waals surface area contributed by atoms with Crippen LogP contribution in [0.1, 0.15) is 12.7 Å². The molecular weight excluding hydrogens is 460 g/mol. The number of H-pyrrole nitrogens is 1. The fourth-order valence-corrected chi connectivity index (χ4v) is 2.82. The number of rotatable bonds is 12. The number of benzene rings is 1. The molecule has 0 saturated heterocycles. The Morgan fingerprint density at radius 2 is 2.06 bits per heavy atom. The van der Waals surface area contributed by atoms with E-state index in [1.165, 1.54) is 6.21 Å². The molecule has 8 N–H and O–H groups in total. The number of aromatic amines is 1. The Morgan fingerprint density at radius 1 is 1.29 bits per heavy atom. The highest BCUT2D eigenvalue weighted by Gasteiger charge is 2.13. The number of imidazole rings is 1. The summed E-state index contributed by atoms with van der Waals surface area (Å²) in [5, 5.41) is 22.4. The molecule has 0 radical (unpaired) electrons. The number of aliphatic imine (C=N–C) groups is 1. The van der Waals surface area contributed by atoms with Gasteiger partial charge in [-0.3, -0.25) is 9.79 Å². The summed E-state index contributed by atoms with van der Waals surface area (Å²) in [6, 6.07) is 5.24. The van der Waals surface area contributed by atoms with Gasteiger partial charge < -0.3 is 37.5 Å². The summed E-state index contributed by atoms with van der Waals surface area (Å²) in [5.41, 5.74) is 7.36. The van der Waals surface area contributed by atoms with Crippen molar-refractivity contribution in [1.29, 1.82) is 10.8 Å². The number of urea groups is 1. The van der Waals surface area contributed by atoms with Crippen molar-refractivity contribution in [3.05, 3.63) is 41.9 Å². The molecule has 2 unspecified atom stereocenters. The number of halogens is 2. The van der Waals surface area contributed by atoms with Gasteiger partial charge in [0.2, 0.25) is 5.91 Å². The van der Waals surface area contributed by atoms with Crippen LogP contribution in [-0.2, 0) is 4.79 Å². The van der Waals surface area contributed by atoms with E-state index in [2.05, 4.69) is 30.9 Å². The number of nitrogens with one attached hydrogen (secondary N) is 6. The van der Waals surface area contributed by atoms with Gasteiger partial charge in [0.15, 0.2) is 0 Å². The van der Waals surface area contributed by atoms with Crippen LogP contribution in [0.2, 0.25) is 0 Å². The van der Waals surface area contributed by atoms with Crippen molar-refractivity contribution in [2.24, 2.45) is 16.6 Å². The van der Waals surface area contributed by atoms with Gasteiger partial charge in [0.25, 0.3) is 6.43 Å². The number of hydrogen-bond donors (Lipinski definition) is 7. The van der Waals surface area contributed by atoms with Crippen LogP contribution in [0.25, 0.3) is 17.3 Å². The van der Waals surface area contributed by atoms with Crippen LogP contribution < -0.4 is 21.7 Å². The van der Waals surface area contributed by atoms with E-state index in [0.717, 1.165) is 12.4 Å². The SMILES string of the molecule is CC(N=CC(C=N)/C(C=N)=C/c1ncc(-c2cccc(NC(=O)NCC(F)F)c2)[nH]1)C(=O)NCN. The molecular formula is C22H27F2N9O2. The van der Waals surface area contributed by atoms with Crippen LogP contribution >= 0.6 is 0 Å². The topological polar surface area (TPSA) is 185 Å². The second-order valence-electron chi connectivity index (χ2n) is 7.19. The Balaban J connectivity index is 2.16. The van der Waals surface area contributed by atoms with Crippen LogP contribution in [0.3, 0.4) is 0 Å². The van der Waals surface area contributed by atoms with Crippen molar-refractivity contribution in [3.63, 3.8) is 0 Å². The fourth-order valence-electron chi connectivity index (χ4n) is 2.82. The monoisotopic (exact) mass is 487 g/mol. The molecule has 0 aliphatic carbocycles. The van der Waals surface area contributed by atoms with E-state index in [0.29, 0.717) is 28.3 Å². The fraction of sp³-hybridized carbons (Fsp3) is 0.273. The predicted octanol–water partition coefficient (Wildman–Crippen LogP) is 2.25. The van der Waals surface area contributed by atoms with Crippen molar-refractivity contribution < 1.29 is 18.4 Å². The maximum absolute atomic E-state index is 12.2. The standard InChI is InChI=1S/C22H27F2N9O2/c1-13(21(34)31-12-27)28-9-16(8-26)15(7-25)6-20-29-10-18(33-20)14-3-2-4-17(5-14)32-22(35)30-11-19(23)24/h2-10,13,16,19,25-26H,11-12,27H2,1H3,(H,29,33)(H,31,34)(H2,30,32,35)/b15-6+,25-7?,26-8?,28-9?. The number of aromatic nitrogens is 2. The molecule has 2 atom stereocenters. The molecule has 3 amide bonds. The van der Waals surface area contributed by atoms with Gasteiger partial charge in [-0.1, -0.05) is 12.1 Å². The molecule has 186 valence electrons. The third kappa shape index (κ3) is 8.55. The van der Waals surface area contributed by atoms with E-state index in [-0.39, 0.29) is 12.6 Å². The highest BCUT2D eigenvalue weighted by atomic mass is 19.3. The van der Waals surface area contributed by atoms with E-state index in [1.807, 2.05) is 0 Å². The number of hydrogen-bond acceptors (Lipinski definition) is 7. The quantitative estimate of drug-likeness (QED) is 0.179. The van der Waals surface area contributed by atoms with Crippen molar-refractivity contribution in [2.45, 2.75) is 19.4 Å². The summed E-state index contributed by atoms with van der Waals surface area (Å²) < 4.78 is 24.5. The Hall–Kier alpha value is -4.26. The molecule has 11 nitrogen and oxygen atoms in total. The lowest BCUT2D eigenvalue weighted by Gasteiger charge is -2.09. The predicted molar refractivity (Wildman–Crippen MR) is 131 cm³/mol. The minimum Gasteiger partial charge on any atom is -0.342 e. The molecule has 0 aliphatic heterocycles. The molecule has 0 saturated carbocycles. The van der Waals surface area contributed by atoms with Gasteiger partial charge in [-0.25, -0.2) is 18.6 Å². The number of carbonyl (C=O) groups excluding carboxylic acids is 2. The largest absolute Gasteiger partial charge is 0.342 e. The zero-order valence-electron chi connectivity index (χ0n) is 18.9. The molecule has 0 aliphatic rings. The number of allylic oxidation sites excluding steroid dienone is 1. The lowest BCUT2D eigenvalue weighted by molar-refractivity contribution is -0.121. The van der Waals surface area contributed by atoms with E-state index in [4.69, 9.17) is 16.6 Å². The molecule has 1 heterocycles. The number of nitrogens with two attached hydrogens (primary N) is 1. The second kappa shape index (κ2) is 13.4. The summed E-state index contributed by atoms with van der Waals surface area (Å²) in [5.74, 6) is -0.610. The first-order valence-electron chi connectivity index (χ1n) is 10.5. The van der Waals surface area contributed by atoms with Crippen molar-refractivity contribution in [2.75, 3.05) is 18.5 Å². The van der Waals surface area contributed by atoms with Crippen molar-refractivity contribution in [3.8, 4) is 11.3 Å². The first kappa shape index (κ1) is 27.0. The van der Waals surface area contributed by atoms with E-state index >= 15 is 0 Å². The van der Waals surface area contributed by atoms with E-state index in [9.17, 15) is 18.4 Å². The Morgan fingerprint density at radius 3 is 2.71 bits per heavy atom. The number of nitrogens with zero attached hydrogens (tertiary/aromatic N) is 2. The number of anilines is 1. The normalized spacial score (nSPS) is 13.3. The van der Waals surface area contributed by atoms with Gasteiger partial charge >= 0.3 is 6.03 Å². The number of alkyl halides is 2. The van der Waals surface area contributed by atoms with Gasteiger partial charge in [-0.05, 0) is 30.7 Å². The zero-order valence-corrected chi connectivity index (χ0v) is 18.9. The van der Waals surface area contributed by atoms with Crippen LogP contribution in [0.15, 0.2) is 41.0 Å². The van der Waals surface area contributed by atoms with Crippen molar-refractivity contribution in [1.82, 2.24) is 20.6 Å². The summed E-state index contributed by atoms with van der Waals surface area (Å²) in [6.45, 7) is 0.822. The molecule has 1 aromatic carbocycles. The minimum absolute atomic E-state index is 0.00988. The molecule has 35 heavy (non-hydrogen) atoms. The summed E-state index contributed by atoms with van der Waals surface area (Å²) in [4.78, 5) is 35.0. The maximum atomic E-state index is 12.2. The van der Waals surface area contributed by atoms with Gasteiger partial charge in [0, 0.05) is 29.9 Å². The Bertz CT molecular complexity index is 1100. The number of carbonyl (C=O) groups is 2. The molecule has 0 bridgehead atoms. The van der Waals surface area contributed by atoms with Crippen molar-refractivity contribution >= 4 is 42.3 Å². The molecule has 0 fully saturated rings. The molecule has 2 rings (SSSR count). The van der Waals surface area contributed by atoms with Gasteiger partial charge in [0.05, 0.1) is 31.0 Å². The summed E-state index contributed by atoms with van der Waals surface area (Å²) in [7, 11) is 0. The Kier molecular flexibility index (Phi) is 10.4. The molecule has 2 aromatic rings. The molecule has 13 heteroatoms. The van der Waals surface area contributed by atoms with Gasteiger partial charge in [0.1, 0.15) is 11.9 Å². The molecule has 1 aromatic heterocycles. The minimum atomic E-state index is -2.65. The first-order valence-corrected chi connectivity index (χ1v) is 10.5. The van der Waals surface area contributed by atoms with Gasteiger partial charge in [-0.2, -0.15) is 0 Å². The first-order chi connectivity index (χ1) is 16.8. The van der Waals surface area contributed by atoms with Crippen LogP contribution in [0.4, 0.5) is 19.3 Å². The van der Waals surface area contributed by atoms with E-state index in [1.54, 1.807) is 43.5 Å². The average molecular weight is 488 g/mol. The third-order valence-electron chi connectivity index (χ3n) is 4.60. The average Bonchev–Trinajstić information content (AvgIpc) is 3.31. The lowest BCUT2D eigenvalue weighted by atomic mass is 10.0. The smallest absolute Gasteiger partial charge is 0.319 e. The highest BCUT2D eigenvalue weighted by molar-refractivity contribution is 5.99. The lowest BCUT2D eigenvalue weighted by Crippen LogP contribution is -2.35. The van der Waals surface area contributed by atoms with Crippen LogP contribution in [0, 0.1) is 16.7 Å². The zero-order chi connectivity index (χ0) is 25.8. The third-order valence-corrected chi connectivity index (χ3v) is 4.60. The maximum Gasteiger partial charge on any atom is 0.319 e. The van der Waals surface area contributed by atoms with Crippen LogP contribution in [0.5, 0.6) is 0 Å². The van der Waals surface area contributed by atoms with Crippen LogP contribution in [-0.4, -0.2) is 66.2 Å². The second-order valence-corrected chi connectivity index (χ2v) is 7.19.